The highest BCUT2D eigenvalue weighted by Crippen LogP contribution is 2.19. The summed E-state index contributed by atoms with van der Waals surface area (Å²) in [6.07, 6.45) is 0.756. The number of benzene rings is 2. The molecule has 0 aromatic heterocycles. The number of nitrogens with zero attached hydrogens (tertiary/aromatic N) is 1. The van der Waals surface area contributed by atoms with E-state index in [9.17, 15) is 4.79 Å². The van der Waals surface area contributed by atoms with Gasteiger partial charge >= 0.3 is 0 Å². The maximum Gasteiger partial charge on any atom is 0.244 e. The van der Waals surface area contributed by atoms with Crippen LogP contribution in [-0.4, -0.2) is 19.0 Å². The minimum Gasteiger partial charge on any atom is -0.314 e. The highest BCUT2D eigenvalue weighted by atomic mass is 16.2. The van der Waals surface area contributed by atoms with Crippen LogP contribution in [0.3, 0.4) is 0 Å². The number of likely N-dealkylation sites (N-methyl/N-ethyl adjacent to an activating group) is 1. The van der Waals surface area contributed by atoms with Gasteiger partial charge in [0.2, 0.25) is 5.91 Å². The standard InChI is InChI=1S/C17H18N2O/c1-19(15-9-3-2-4-10-15)17(20)16-11-13-7-5-6-8-14(13)12-18-16/h2-10,16,18H,11-12H2,1H3. The maximum atomic E-state index is 12.6. The third-order valence-corrected chi connectivity index (χ3v) is 3.85. The molecule has 3 heteroatoms. The van der Waals surface area contributed by atoms with E-state index in [0.717, 1.165) is 18.7 Å². The molecule has 1 unspecified atom stereocenters. The van der Waals surface area contributed by atoms with Crippen molar-refractivity contribution in [1.82, 2.24) is 5.32 Å². The second-order valence-corrected chi connectivity index (χ2v) is 5.14. The second kappa shape index (κ2) is 5.47. The van der Waals surface area contributed by atoms with E-state index >= 15 is 0 Å². The highest BCUT2D eigenvalue weighted by Gasteiger charge is 2.26. The molecule has 0 bridgehead atoms. The minimum atomic E-state index is -0.143. The molecule has 0 fully saturated rings. The van der Waals surface area contributed by atoms with Crippen molar-refractivity contribution in [2.75, 3.05) is 11.9 Å². The molecule has 1 N–H and O–H groups in total. The third kappa shape index (κ3) is 2.45. The Kier molecular flexibility index (Phi) is 3.52. The lowest BCUT2D eigenvalue weighted by molar-refractivity contribution is -0.120. The first-order valence-corrected chi connectivity index (χ1v) is 6.88. The number of rotatable bonds is 2. The van der Waals surface area contributed by atoms with Gasteiger partial charge in [-0.2, -0.15) is 0 Å². The van der Waals surface area contributed by atoms with Crippen LogP contribution in [0.2, 0.25) is 0 Å². The molecule has 1 amide bonds. The Morgan fingerprint density at radius 2 is 1.70 bits per heavy atom. The van der Waals surface area contributed by atoms with Gasteiger partial charge in [0.25, 0.3) is 0 Å². The Morgan fingerprint density at radius 3 is 2.45 bits per heavy atom. The molecule has 3 nitrogen and oxygen atoms in total. The van der Waals surface area contributed by atoms with Crippen molar-refractivity contribution in [1.29, 1.82) is 0 Å². The van der Waals surface area contributed by atoms with Gasteiger partial charge in [0.05, 0.1) is 6.04 Å². The Balaban J connectivity index is 1.76. The first-order valence-electron chi connectivity index (χ1n) is 6.88. The van der Waals surface area contributed by atoms with E-state index in [1.54, 1.807) is 4.90 Å². The lowest BCUT2D eigenvalue weighted by Crippen LogP contribution is -2.48. The van der Waals surface area contributed by atoms with E-state index in [2.05, 4.69) is 17.4 Å². The van der Waals surface area contributed by atoms with Gasteiger partial charge in [-0.1, -0.05) is 42.5 Å². The molecule has 0 spiro atoms. The van der Waals surface area contributed by atoms with Crippen LogP contribution in [-0.2, 0) is 17.8 Å². The zero-order valence-electron chi connectivity index (χ0n) is 11.5. The van der Waals surface area contributed by atoms with Crippen LogP contribution in [0.1, 0.15) is 11.1 Å². The fourth-order valence-corrected chi connectivity index (χ4v) is 2.64. The lowest BCUT2D eigenvalue weighted by atomic mass is 9.95. The number of anilines is 1. The zero-order valence-corrected chi connectivity index (χ0v) is 11.5. The monoisotopic (exact) mass is 266 g/mol. The molecule has 1 heterocycles. The van der Waals surface area contributed by atoms with Gasteiger partial charge in [0.1, 0.15) is 0 Å². The number of fused-ring (bicyclic) bond motifs is 1. The highest BCUT2D eigenvalue weighted by molar-refractivity contribution is 5.97. The maximum absolute atomic E-state index is 12.6. The van der Waals surface area contributed by atoms with Gasteiger partial charge in [-0.3, -0.25) is 4.79 Å². The lowest BCUT2D eigenvalue weighted by Gasteiger charge is -2.29. The Morgan fingerprint density at radius 1 is 1.05 bits per heavy atom. The molecule has 1 aliphatic rings. The first-order chi connectivity index (χ1) is 9.75. The van der Waals surface area contributed by atoms with Gasteiger partial charge in [-0.25, -0.2) is 0 Å². The zero-order chi connectivity index (χ0) is 13.9. The summed E-state index contributed by atoms with van der Waals surface area (Å²) in [5.41, 5.74) is 3.49. The van der Waals surface area contributed by atoms with E-state index in [1.807, 2.05) is 49.5 Å². The van der Waals surface area contributed by atoms with Crippen LogP contribution >= 0.6 is 0 Å². The second-order valence-electron chi connectivity index (χ2n) is 5.14. The number of carbonyl (C=O) groups is 1. The van der Waals surface area contributed by atoms with Gasteiger partial charge in [-0.05, 0) is 29.7 Å². The van der Waals surface area contributed by atoms with Crippen LogP contribution < -0.4 is 10.2 Å². The van der Waals surface area contributed by atoms with Crippen molar-refractivity contribution in [2.24, 2.45) is 0 Å². The molecular formula is C17H18N2O. The molecule has 0 saturated heterocycles. The van der Waals surface area contributed by atoms with E-state index < -0.39 is 0 Å². The number of para-hydroxylation sites is 1. The molecule has 1 aliphatic heterocycles. The topological polar surface area (TPSA) is 32.3 Å². The predicted molar refractivity (Wildman–Crippen MR) is 80.6 cm³/mol. The quantitative estimate of drug-likeness (QED) is 0.905. The summed E-state index contributed by atoms with van der Waals surface area (Å²) in [6.45, 7) is 0.759. The molecule has 3 rings (SSSR count). The Labute approximate surface area is 119 Å². The number of nitrogens with one attached hydrogen (secondary N) is 1. The molecule has 0 radical (unpaired) electrons. The van der Waals surface area contributed by atoms with Crippen molar-refractivity contribution in [3.63, 3.8) is 0 Å². The number of hydrogen-bond acceptors (Lipinski definition) is 2. The van der Waals surface area contributed by atoms with Crippen molar-refractivity contribution in [2.45, 2.75) is 19.0 Å². The van der Waals surface area contributed by atoms with Crippen LogP contribution in [0, 0.1) is 0 Å². The van der Waals surface area contributed by atoms with E-state index in [4.69, 9.17) is 0 Å². The summed E-state index contributed by atoms with van der Waals surface area (Å²) in [7, 11) is 1.83. The number of hydrogen-bond donors (Lipinski definition) is 1. The summed E-state index contributed by atoms with van der Waals surface area (Å²) in [6, 6.07) is 17.9. The Bertz CT molecular complexity index is 609. The minimum absolute atomic E-state index is 0.116. The molecule has 2 aromatic carbocycles. The largest absolute Gasteiger partial charge is 0.314 e. The van der Waals surface area contributed by atoms with Crippen molar-refractivity contribution < 1.29 is 4.79 Å². The summed E-state index contributed by atoms with van der Waals surface area (Å²) in [5.74, 6) is 0.116. The first kappa shape index (κ1) is 12.9. The summed E-state index contributed by atoms with van der Waals surface area (Å²) < 4.78 is 0. The van der Waals surface area contributed by atoms with Crippen molar-refractivity contribution in [3.05, 3.63) is 65.7 Å². The summed E-state index contributed by atoms with van der Waals surface area (Å²) in [5, 5.41) is 3.33. The van der Waals surface area contributed by atoms with Crippen LogP contribution in [0.25, 0.3) is 0 Å². The van der Waals surface area contributed by atoms with Crippen molar-refractivity contribution >= 4 is 11.6 Å². The molecular weight excluding hydrogens is 248 g/mol. The van der Waals surface area contributed by atoms with Crippen LogP contribution in [0.4, 0.5) is 5.69 Å². The number of carbonyl (C=O) groups excluding carboxylic acids is 1. The van der Waals surface area contributed by atoms with Gasteiger partial charge < -0.3 is 10.2 Å². The van der Waals surface area contributed by atoms with E-state index in [-0.39, 0.29) is 11.9 Å². The Hall–Kier alpha value is -2.13. The average Bonchev–Trinajstić information content (AvgIpc) is 2.54. The average molecular weight is 266 g/mol. The van der Waals surface area contributed by atoms with Gasteiger partial charge in [0.15, 0.2) is 0 Å². The molecule has 0 saturated carbocycles. The molecule has 20 heavy (non-hydrogen) atoms. The number of amides is 1. The third-order valence-electron chi connectivity index (χ3n) is 3.85. The summed E-state index contributed by atoms with van der Waals surface area (Å²) in [4.78, 5) is 14.3. The molecule has 0 aliphatic carbocycles. The molecule has 2 aromatic rings. The van der Waals surface area contributed by atoms with E-state index in [1.165, 1.54) is 11.1 Å². The smallest absolute Gasteiger partial charge is 0.244 e. The molecule has 1 atom stereocenters. The predicted octanol–water partition coefficient (Wildman–Crippen LogP) is 2.36. The fraction of sp³-hybridized carbons (Fsp3) is 0.235. The normalized spacial score (nSPS) is 17.4. The van der Waals surface area contributed by atoms with Gasteiger partial charge in [-0.15, -0.1) is 0 Å². The van der Waals surface area contributed by atoms with Crippen LogP contribution in [0.5, 0.6) is 0 Å². The SMILES string of the molecule is CN(C(=O)C1Cc2ccccc2CN1)c1ccccc1. The fourth-order valence-electron chi connectivity index (χ4n) is 2.64. The summed E-state index contributed by atoms with van der Waals surface area (Å²) >= 11 is 0. The van der Waals surface area contributed by atoms with E-state index in [0.29, 0.717) is 0 Å². The van der Waals surface area contributed by atoms with Crippen molar-refractivity contribution in [3.8, 4) is 0 Å². The van der Waals surface area contributed by atoms with Gasteiger partial charge in [0, 0.05) is 19.3 Å². The molecule has 102 valence electrons. The van der Waals surface area contributed by atoms with Crippen LogP contribution in [0.15, 0.2) is 54.6 Å².